The van der Waals surface area contributed by atoms with Gasteiger partial charge in [0.15, 0.2) is 11.7 Å². The number of rotatable bonds is 2. The Hall–Kier alpha value is -2.01. The number of ether oxygens (including phenoxy) is 1. The smallest absolute Gasteiger partial charge is 0.327 e. The number of aromatic nitrogens is 4. The summed E-state index contributed by atoms with van der Waals surface area (Å²) < 4.78 is 6.76. The molecule has 0 saturated carbocycles. The number of imidazole rings is 1. The van der Waals surface area contributed by atoms with Crippen LogP contribution in [0.15, 0.2) is 15.9 Å². The van der Waals surface area contributed by atoms with E-state index in [1.54, 1.807) is 0 Å². The summed E-state index contributed by atoms with van der Waals surface area (Å²) in [6.07, 6.45) is -3.64. The fraction of sp³-hybridized carbons (Fsp3) is 0.583. The van der Waals surface area contributed by atoms with Crippen molar-refractivity contribution in [2.24, 2.45) is 0 Å². The first kappa shape index (κ1) is 14.9. The first-order valence-corrected chi connectivity index (χ1v) is 6.63. The quantitative estimate of drug-likeness (QED) is 0.422. The summed E-state index contributed by atoms with van der Waals surface area (Å²) in [5, 5.41) is 30.2. The molecule has 0 spiro atoms. The van der Waals surface area contributed by atoms with Crippen LogP contribution in [0, 0.1) is 0 Å². The van der Waals surface area contributed by atoms with Gasteiger partial charge in [0.05, 0.1) is 11.9 Å². The Balaban J connectivity index is 2.09. The van der Waals surface area contributed by atoms with Crippen LogP contribution in [0.25, 0.3) is 11.2 Å². The predicted octanol–water partition coefficient (Wildman–Crippen LogP) is -2.20. The molecule has 0 unspecified atom stereocenters. The summed E-state index contributed by atoms with van der Waals surface area (Å²) in [5.41, 5.74) is -2.77. The van der Waals surface area contributed by atoms with Gasteiger partial charge in [-0.2, -0.15) is 0 Å². The van der Waals surface area contributed by atoms with Crippen molar-refractivity contribution >= 4 is 11.2 Å². The molecule has 0 aromatic carbocycles. The Morgan fingerprint density at radius 3 is 2.55 bits per heavy atom. The molecular weight excluding hydrogens is 296 g/mol. The van der Waals surface area contributed by atoms with Gasteiger partial charge in [0, 0.05) is 0 Å². The summed E-state index contributed by atoms with van der Waals surface area (Å²) in [6.45, 7) is 2.88. The lowest BCUT2D eigenvalue weighted by molar-refractivity contribution is -0.122. The van der Waals surface area contributed by atoms with Gasteiger partial charge >= 0.3 is 5.69 Å². The number of nitrogens with one attached hydrogen (secondary N) is 2. The van der Waals surface area contributed by atoms with Crippen LogP contribution in [-0.4, -0.2) is 58.8 Å². The monoisotopic (exact) mass is 312 g/mol. The lowest BCUT2D eigenvalue weighted by Gasteiger charge is -2.27. The molecule has 3 rings (SSSR count). The third-order valence-corrected chi connectivity index (χ3v) is 3.68. The zero-order chi connectivity index (χ0) is 16.2. The van der Waals surface area contributed by atoms with E-state index in [0.717, 1.165) is 0 Å². The number of H-pyrrole nitrogens is 2. The molecule has 5 N–H and O–H groups in total. The van der Waals surface area contributed by atoms with Crippen LogP contribution < -0.4 is 11.2 Å². The van der Waals surface area contributed by atoms with Crippen molar-refractivity contribution in [1.82, 2.24) is 19.5 Å². The van der Waals surface area contributed by atoms with Gasteiger partial charge < -0.3 is 20.1 Å². The lowest BCUT2D eigenvalue weighted by atomic mass is 9.96. The van der Waals surface area contributed by atoms with Crippen LogP contribution in [0.3, 0.4) is 0 Å². The summed E-state index contributed by atoms with van der Waals surface area (Å²) >= 11 is 0. The molecule has 0 radical (unpaired) electrons. The SMILES string of the molecule is CC(C)(O)[C@H]1O[C@@H](n2cnc3c(=O)[nH]c(=O)[nH]c32)[C@H](O)[C@@H]1O. The van der Waals surface area contributed by atoms with E-state index in [1.807, 2.05) is 4.98 Å². The molecule has 0 bridgehead atoms. The molecule has 0 amide bonds. The van der Waals surface area contributed by atoms with Crippen LogP contribution in [0.1, 0.15) is 20.1 Å². The van der Waals surface area contributed by atoms with Crippen LogP contribution >= 0.6 is 0 Å². The van der Waals surface area contributed by atoms with Crippen LogP contribution in [0.2, 0.25) is 0 Å². The summed E-state index contributed by atoms with van der Waals surface area (Å²) in [7, 11) is 0. The maximum atomic E-state index is 11.7. The largest absolute Gasteiger partial charge is 0.388 e. The maximum absolute atomic E-state index is 11.7. The van der Waals surface area contributed by atoms with Crippen molar-refractivity contribution in [3.63, 3.8) is 0 Å². The fourth-order valence-electron chi connectivity index (χ4n) is 2.62. The Kier molecular flexibility index (Phi) is 3.22. The van der Waals surface area contributed by atoms with E-state index in [1.165, 1.54) is 24.7 Å². The summed E-state index contributed by atoms with van der Waals surface area (Å²) in [6, 6.07) is 0. The van der Waals surface area contributed by atoms with Gasteiger partial charge in [-0.3, -0.25) is 19.3 Å². The van der Waals surface area contributed by atoms with E-state index in [4.69, 9.17) is 4.74 Å². The Morgan fingerprint density at radius 2 is 1.95 bits per heavy atom. The lowest BCUT2D eigenvalue weighted by Crippen LogP contribution is -2.44. The molecule has 3 heterocycles. The average Bonchev–Trinajstić information content (AvgIpc) is 2.92. The van der Waals surface area contributed by atoms with E-state index in [9.17, 15) is 24.9 Å². The molecule has 120 valence electrons. The minimum absolute atomic E-state index is 0.0309. The second kappa shape index (κ2) is 4.74. The normalized spacial score (nSPS) is 29.3. The first-order valence-electron chi connectivity index (χ1n) is 6.63. The molecule has 1 saturated heterocycles. The summed E-state index contributed by atoms with van der Waals surface area (Å²) in [4.78, 5) is 31.3. The van der Waals surface area contributed by atoms with E-state index in [2.05, 4.69) is 9.97 Å². The molecule has 1 fully saturated rings. The highest BCUT2D eigenvalue weighted by Gasteiger charge is 2.50. The average molecular weight is 312 g/mol. The van der Waals surface area contributed by atoms with Gasteiger partial charge in [0.25, 0.3) is 5.56 Å². The molecule has 22 heavy (non-hydrogen) atoms. The molecule has 1 aliphatic heterocycles. The van der Waals surface area contributed by atoms with E-state index in [0.29, 0.717) is 0 Å². The Labute approximate surface area is 123 Å². The third kappa shape index (κ3) is 2.16. The first-order chi connectivity index (χ1) is 10.2. The molecule has 10 heteroatoms. The van der Waals surface area contributed by atoms with E-state index in [-0.39, 0.29) is 11.2 Å². The number of aliphatic hydroxyl groups is 3. The van der Waals surface area contributed by atoms with Gasteiger partial charge in [-0.05, 0) is 13.8 Å². The van der Waals surface area contributed by atoms with Crippen LogP contribution in [0.4, 0.5) is 0 Å². The Morgan fingerprint density at radius 1 is 1.27 bits per heavy atom. The number of hydrogen-bond acceptors (Lipinski definition) is 7. The highest BCUT2D eigenvalue weighted by Crippen LogP contribution is 2.35. The minimum atomic E-state index is -1.39. The van der Waals surface area contributed by atoms with Crippen molar-refractivity contribution in [1.29, 1.82) is 0 Å². The summed E-state index contributed by atoms with van der Waals surface area (Å²) in [5.74, 6) is 0. The highest BCUT2D eigenvalue weighted by molar-refractivity contribution is 5.68. The van der Waals surface area contributed by atoms with Gasteiger partial charge in [-0.25, -0.2) is 9.78 Å². The molecule has 1 aliphatic rings. The topological polar surface area (TPSA) is 153 Å². The van der Waals surface area contributed by atoms with Crippen molar-refractivity contribution in [2.75, 3.05) is 0 Å². The number of aliphatic hydroxyl groups excluding tert-OH is 2. The number of aromatic amines is 2. The highest BCUT2D eigenvalue weighted by atomic mass is 16.6. The predicted molar refractivity (Wildman–Crippen MR) is 73.2 cm³/mol. The molecule has 4 atom stereocenters. The van der Waals surface area contributed by atoms with Gasteiger partial charge in [0.1, 0.15) is 24.0 Å². The van der Waals surface area contributed by atoms with Gasteiger partial charge in [-0.1, -0.05) is 0 Å². The maximum Gasteiger partial charge on any atom is 0.327 e. The minimum Gasteiger partial charge on any atom is -0.388 e. The zero-order valence-corrected chi connectivity index (χ0v) is 11.8. The van der Waals surface area contributed by atoms with Crippen LogP contribution in [0.5, 0.6) is 0 Å². The van der Waals surface area contributed by atoms with Gasteiger partial charge in [-0.15, -0.1) is 0 Å². The standard InChI is InChI=1S/C12H16N4O6/c1-12(2,21)7-5(17)6(18)10(22-7)16-3-13-4-8(16)14-11(20)15-9(4)19/h3,5-7,10,17-18,21H,1-2H3,(H2,14,15,19,20)/t5-,6+,7-,10+/m0/s1. The zero-order valence-electron chi connectivity index (χ0n) is 11.8. The van der Waals surface area contributed by atoms with Crippen molar-refractivity contribution < 1.29 is 20.1 Å². The molecule has 2 aromatic heterocycles. The van der Waals surface area contributed by atoms with E-state index < -0.39 is 41.4 Å². The molecular formula is C12H16N4O6. The second-order valence-corrected chi connectivity index (χ2v) is 5.84. The third-order valence-electron chi connectivity index (χ3n) is 3.68. The Bertz CT molecular complexity index is 815. The number of fused-ring (bicyclic) bond motifs is 1. The van der Waals surface area contributed by atoms with Crippen molar-refractivity contribution in [2.45, 2.75) is 44.0 Å². The van der Waals surface area contributed by atoms with Crippen molar-refractivity contribution in [3.05, 3.63) is 27.2 Å². The fourth-order valence-corrected chi connectivity index (χ4v) is 2.62. The van der Waals surface area contributed by atoms with Crippen LogP contribution in [-0.2, 0) is 4.74 Å². The number of hydrogen-bond donors (Lipinski definition) is 5. The van der Waals surface area contributed by atoms with Gasteiger partial charge in [0.2, 0.25) is 0 Å². The molecule has 2 aromatic rings. The molecule has 0 aliphatic carbocycles. The molecule has 10 nitrogen and oxygen atoms in total. The second-order valence-electron chi connectivity index (χ2n) is 5.84. The number of nitrogens with zero attached hydrogens (tertiary/aromatic N) is 2. The van der Waals surface area contributed by atoms with Crippen molar-refractivity contribution in [3.8, 4) is 0 Å². The van der Waals surface area contributed by atoms with E-state index >= 15 is 0 Å².